The highest BCUT2D eigenvalue weighted by Gasteiger charge is 2.21. The van der Waals surface area contributed by atoms with Gasteiger partial charge in [0.1, 0.15) is 0 Å². The Balaban J connectivity index is 2.13. The summed E-state index contributed by atoms with van der Waals surface area (Å²) in [5.41, 5.74) is 2.07. The molecular formula is C14H13NO2S. The van der Waals surface area contributed by atoms with E-state index in [4.69, 9.17) is 9.47 Å². The van der Waals surface area contributed by atoms with Crippen LogP contribution < -0.4 is 14.8 Å². The minimum Gasteiger partial charge on any atom is -0.493 e. The summed E-state index contributed by atoms with van der Waals surface area (Å²) in [5.74, 6) is 1.49. The van der Waals surface area contributed by atoms with Crippen molar-refractivity contribution in [1.29, 1.82) is 0 Å². The Hall–Kier alpha value is -1.81. The molecule has 0 bridgehead atoms. The van der Waals surface area contributed by atoms with Crippen LogP contribution in [0, 0.1) is 0 Å². The Morgan fingerprint density at radius 2 is 1.78 bits per heavy atom. The molecule has 0 radical (unpaired) electrons. The normalized spacial score (nSPS) is 12.1. The number of benzene rings is 2. The van der Waals surface area contributed by atoms with Crippen LogP contribution in [0.2, 0.25) is 0 Å². The van der Waals surface area contributed by atoms with Gasteiger partial charge in [0.05, 0.1) is 25.6 Å². The van der Waals surface area contributed by atoms with E-state index in [9.17, 15) is 0 Å². The number of hydrogen-bond acceptors (Lipinski definition) is 4. The average Bonchev–Trinajstić information content (AvgIpc) is 2.43. The Bertz CT molecular complexity index is 598. The summed E-state index contributed by atoms with van der Waals surface area (Å²) < 4.78 is 10.8. The van der Waals surface area contributed by atoms with Crippen LogP contribution in [-0.2, 0) is 0 Å². The van der Waals surface area contributed by atoms with Crippen molar-refractivity contribution in [1.82, 2.24) is 0 Å². The number of methoxy groups -OCH3 is 2. The van der Waals surface area contributed by atoms with Crippen LogP contribution in [0.3, 0.4) is 0 Å². The van der Waals surface area contributed by atoms with E-state index in [-0.39, 0.29) is 0 Å². The van der Waals surface area contributed by atoms with Crippen LogP contribution in [-0.4, -0.2) is 14.2 Å². The summed E-state index contributed by atoms with van der Waals surface area (Å²) in [6.45, 7) is 0. The lowest BCUT2D eigenvalue weighted by Crippen LogP contribution is -2.03. The first-order valence-corrected chi connectivity index (χ1v) is 6.44. The molecule has 0 amide bonds. The third-order valence-corrected chi connectivity index (χ3v) is 4.01. The van der Waals surface area contributed by atoms with Gasteiger partial charge in [-0.3, -0.25) is 0 Å². The Morgan fingerprint density at radius 1 is 0.944 bits per heavy atom. The van der Waals surface area contributed by atoms with Crippen LogP contribution in [0.5, 0.6) is 11.5 Å². The van der Waals surface area contributed by atoms with Gasteiger partial charge >= 0.3 is 0 Å². The maximum Gasteiger partial charge on any atom is 0.185 e. The molecule has 0 unspecified atom stereocenters. The summed E-state index contributed by atoms with van der Waals surface area (Å²) in [6.07, 6.45) is 0. The molecule has 0 aliphatic carbocycles. The van der Waals surface area contributed by atoms with Crippen molar-refractivity contribution < 1.29 is 9.47 Å². The van der Waals surface area contributed by atoms with Crippen molar-refractivity contribution >= 4 is 23.1 Å². The lowest BCUT2D eigenvalue weighted by molar-refractivity contribution is 0.355. The van der Waals surface area contributed by atoms with Gasteiger partial charge in [0.2, 0.25) is 0 Å². The van der Waals surface area contributed by atoms with Gasteiger partial charge in [-0.25, -0.2) is 0 Å². The molecule has 1 aliphatic rings. The lowest BCUT2D eigenvalue weighted by atomic mass is 10.2. The van der Waals surface area contributed by atoms with E-state index in [1.807, 2.05) is 24.3 Å². The molecule has 0 fully saturated rings. The third kappa shape index (κ3) is 1.69. The number of nitrogens with one attached hydrogen (secondary N) is 1. The second-order valence-corrected chi connectivity index (χ2v) is 4.98. The first kappa shape index (κ1) is 11.3. The van der Waals surface area contributed by atoms with E-state index in [0.29, 0.717) is 0 Å². The Labute approximate surface area is 110 Å². The lowest BCUT2D eigenvalue weighted by Gasteiger charge is -2.23. The molecule has 0 atom stereocenters. The smallest absolute Gasteiger partial charge is 0.185 e. The molecule has 4 heteroatoms. The summed E-state index contributed by atoms with van der Waals surface area (Å²) in [5, 5.41) is 3.41. The highest BCUT2D eigenvalue weighted by atomic mass is 32.2. The van der Waals surface area contributed by atoms with E-state index in [0.717, 1.165) is 27.8 Å². The van der Waals surface area contributed by atoms with Crippen molar-refractivity contribution in [2.24, 2.45) is 0 Å². The van der Waals surface area contributed by atoms with Gasteiger partial charge in [0.25, 0.3) is 0 Å². The zero-order valence-electron chi connectivity index (χ0n) is 10.2. The van der Waals surface area contributed by atoms with Crippen LogP contribution in [0.15, 0.2) is 46.2 Å². The molecule has 1 heterocycles. The SMILES string of the molecule is COc1ccc2c(c1OC)Nc1ccccc1S2. The van der Waals surface area contributed by atoms with Gasteiger partial charge in [-0.2, -0.15) is 0 Å². The van der Waals surface area contributed by atoms with Gasteiger partial charge < -0.3 is 14.8 Å². The molecule has 2 aromatic rings. The fourth-order valence-corrected chi connectivity index (χ4v) is 3.02. The topological polar surface area (TPSA) is 30.5 Å². The highest BCUT2D eigenvalue weighted by Crippen LogP contribution is 2.50. The van der Waals surface area contributed by atoms with Gasteiger partial charge in [0, 0.05) is 9.79 Å². The molecule has 2 aromatic carbocycles. The molecule has 0 aromatic heterocycles. The summed E-state index contributed by atoms with van der Waals surface area (Å²) in [4.78, 5) is 2.36. The Morgan fingerprint density at radius 3 is 2.56 bits per heavy atom. The highest BCUT2D eigenvalue weighted by molar-refractivity contribution is 7.99. The van der Waals surface area contributed by atoms with Crippen LogP contribution >= 0.6 is 11.8 Å². The van der Waals surface area contributed by atoms with Crippen LogP contribution in [0.1, 0.15) is 0 Å². The second-order valence-electron chi connectivity index (χ2n) is 3.90. The van der Waals surface area contributed by atoms with Gasteiger partial charge in [-0.15, -0.1) is 0 Å². The van der Waals surface area contributed by atoms with Crippen molar-refractivity contribution in [2.45, 2.75) is 9.79 Å². The first-order chi connectivity index (χ1) is 8.83. The molecule has 0 saturated carbocycles. The number of anilines is 2. The van der Waals surface area contributed by atoms with Crippen molar-refractivity contribution in [3.05, 3.63) is 36.4 Å². The monoisotopic (exact) mass is 259 g/mol. The summed E-state index contributed by atoms with van der Waals surface area (Å²) >= 11 is 1.73. The summed E-state index contributed by atoms with van der Waals surface area (Å²) in [6, 6.07) is 12.2. The summed E-state index contributed by atoms with van der Waals surface area (Å²) in [7, 11) is 3.30. The second kappa shape index (κ2) is 4.46. The molecule has 0 spiro atoms. The van der Waals surface area contributed by atoms with Gasteiger partial charge in [-0.1, -0.05) is 23.9 Å². The molecular weight excluding hydrogens is 246 g/mol. The van der Waals surface area contributed by atoms with Crippen LogP contribution in [0.4, 0.5) is 11.4 Å². The fourth-order valence-electron chi connectivity index (χ4n) is 2.02. The van der Waals surface area contributed by atoms with E-state index in [2.05, 4.69) is 17.4 Å². The molecule has 18 heavy (non-hydrogen) atoms. The number of hydrogen-bond donors (Lipinski definition) is 1. The average molecular weight is 259 g/mol. The standard InChI is InChI=1S/C14H13NO2S/c1-16-10-7-8-12-13(14(10)17-2)15-9-5-3-4-6-11(9)18-12/h3-8,15H,1-2H3. The molecule has 3 rings (SSSR count). The zero-order chi connectivity index (χ0) is 12.5. The third-order valence-electron chi connectivity index (χ3n) is 2.87. The quantitative estimate of drug-likeness (QED) is 0.755. The van der Waals surface area contributed by atoms with E-state index in [1.165, 1.54) is 4.90 Å². The Kier molecular flexibility index (Phi) is 2.80. The molecule has 0 saturated heterocycles. The molecule has 92 valence electrons. The van der Waals surface area contributed by atoms with Gasteiger partial charge in [-0.05, 0) is 24.3 Å². The van der Waals surface area contributed by atoms with E-state index >= 15 is 0 Å². The molecule has 1 N–H and O–H groups in total. The predicted octanol–water partition coefficient (Wildman–Crippen LogP) is 3.91. The van der Waals surface area contributed by atoms with Gasteiger partial charge in [0.15, 0.2) is 11.5 Å². The fraction of sp³-hybridized carbons (Fsp3) is 0.143. The van der Waals surface area contributed by atoms with E-state index < -0.39 is 0 Å². The molecule has 3 nitrogen and oxygen atoms in total. The number of rotatable bonds is 2. The van der Waals surface area contributed by atoms with Crippen LogP contribution in [0.25, 0.3) is 0 Å². The number of ether oxygens (including phenoxy) is 2. The largest absolute Gasteiger partial charge is 0.493 e. The minimum absolute atomic E-state index is 0.740. The van der Waals surface area contributed by atoms with E-state index in [1.54, 1.807) is 26.0 Å². The molecule has 1 aliphatic heterocycles. The predicted molar refractivity (Wildman–Crippen MR) is 73.4 cm³/mol. The number of para-hydroxylation sites is 1. The van der Waals surface area contributed by atoms with Crippen molar-refractivity contribution in [2.75, 3.05) is 19.5 Å². The first-order valence-electron chi connectivity index (χ1n) is 5.62. The number of fused-ring (bicyclic) bond motifs is 2. The van der Waals surface area contributed by atoms with Crippen molar-refractivity contribution in [3.63, 3.8) is 0 Å². The van der Waals surface area contributed by atoms with Crippen molar-refractivity contribution in [3.8, 4) is 11.5 Å². The maximum atomic E-state index is 5.45. The zero-order valence-corrected chi connectivity index (χ0v) is 11.0. The minimum atomic E-state index is 0.740. The maximum absolute atomic E-state index is 5.45.